The Balaban J connectivity index is 1.62. The third kappa shape index (κ3) is 3.81. The van der Waals surface area contributed by atoms with Gasteiger partial charge in [0.25, 0.3) is 5.91 Å². The van der Waals surface area contributed by atoms with Gasteiger partial charge in [-0.2, -0.15) is 0 Å². The number of ether oxygens (including phenoxy) is 2. The number of nitrogens with zero attached hydrogens (tertiary/aromatic N) is 2. The SMILES string of the molecule is CCOc1ccccc1N1C(=O)C2ON(c3ccccc3)C(c3cc(Br)c(O)c(OC)c3)C2C1=O. The normalized spacial score (nSPS) is 21.4. The molecule has 9 heteroatoms. The van der Waals surface area contributed by atoms with Gasteiger partial charge >= 0.3 is 0 Å². The lowest BCUT2D eigenvalue weighted by Gasteiger charge is -2.29. The number of methoxy groups -OCH3 is 1. The highest BCUT2D eigenvalue weighted by Crippen LogP contribution is 2.50. The molecule has 3 atom stereocenters. The molecule has 0 spiro atoms. The van der Waals surface area contributed by atoms with Gasteiger partial charge in [-0.15, -0.1) is 0 Å². The average Bonchev–Trinajstić information content (AvgIpc) is 3.38. The summed E-state index contributed by atoms with van der Waals surface area (Å²) in [6, 6.07) is 18.9. The molecule has 2 aliphatic rings. The van der Waals surface area contributed by atoms with E-state index in [1.165, 1.54) is 7.11 Å². The van der Waals surface area contributed by atoms with E-state index in [2.05, 4.69) is 15.9 Å². The highest BCUT2D eigenvalue weighted by molar-refractivity contribution is 9.10. The monoisotopic (exact) mass is 538 g/mol. The molecule has 2 aliphatic heterocycles. The van der Waals surface area contributed by atoms with E-state index in [0.29, 0.717) is 33.8 Å². The second kappa shape index (κ2) is 9.24. The third-order valence-corrected chi connectivity index (χ3v) is 6.75. The van der Waals surface area contributed by atoms with E-state index in [1.54, 1.807) is 41.5 Å². The largest absolute Gasteiger partial charge is 0.503 e. The van der Waals surface area contributed by atoms with Crippen LogP contribution in [0.15, 0.2) is 71.2 Å². The highest BCUT2D eigenvalue weighted by Gasteiger charge is 2.60. The van der Waals surface area contributed by atoms with Gasteiger partial charge in [0.2, 0.25) is 5.91 Å². The molecule has 0 saturated carbocycles. The van der Waals surface area contributed by atoms with E-state index < -0.39 is 29.9 Å². The van der Waals surface area contributed by atoms with Crippen LogP contribution in [0.5, 0.6) is 17.2 Å². The first-order valence-corrected chi connectivity index (χ1v) is 11.9. The summed E-state index contributed by atoms with van der Waals surface area (Å²) in [6.07, 6.45) is -1.03. The van der Waals surface area contributed by atoms with Crippen molar-refractivity contribution >= 4 is 39.1 Å². The number of anilines is 2. The number of carbonyl (C=O) groups excluding carboxylic acids is 2. The summed E-state index contributed by atoms with van der Waals surface area (Å²) in [7, 11) is 1.45. The van der Waals surface area contributed by atoms with Crippen LogP contribution >= 0.6 is 15.9 Å². The maximum Gasteiger partial charge on any atom is 0.266 e. The Labute approximate surface area is 210 Å². The number of hydroxylamine groups is 1. The van der Waals surface area contributed by atoms with Gasteiger partial charge < -0.3 is 14.6 Å². The molecular weight excluding hydrogens is 516 g/mol. The van der Waals surface area contributed by atoms with Crippen molar-refractivity contribution in [2.75, 3.05) is 23.7 Å². The van der Waals surface area contributed by atoms with Crippen molar-refractivity contribution in [3.05, 3.63) is 76.8 Å². The second-order valence-electron chi connectivity index (χ2n) is 8.12. The molecule has 3 aromatic carbocycles. The topological polar surface area (TPSA) is 88.5 Å². The summed E-state index contributed by atoms with van der Waals surface area (Å²) in [5.74, 6) is -1.06. The fourth-order valence-electron chi connectivity index (χ4n) is 4.63. The van der Waals surface area contributed by atoms with Gasteiger partial charge in [0.15, 0.2) is 17.6 Å². The Bertz CT molecular complexity index is 1280. The minimum Gasteiger partial charge on any atom is -0.503 e. The quantitative estimate of drug-likeness (QED) is 0.458. The van der Waals surface area contributed by atoms with Crippen molar-refractivity contribution in [3.63, 3.8) is 0 Å². The van der Waals surface area contributed by atoms with Crippen LogP contribution < -0.4 is 19.4 Å². The zero-order chi connectivity index (χ0) is 24.7. The highest BCUT2D eigenvalue weighted by atomic mass is 79.9. The predicted molar refractivity (Wildman–Crippen MR) is 132 cm³/mol. The minimum atomic E-state index is -1.03. The van der Waals surface area contributed by atoms with Crippen molar-refractivity contribution in [2.24, 2.45) is 5.92 Å². The van der Waals surface area contributed by atoms with Gasteiger partial charge in [0.1, 0.15) is 11.7 Å². The zero-order valence-corrected chi connectivity index (χ0v) is 20.6. The first-order chi connectivity index (χ1) is 17.0. The summed E-state index contributed by atoms with van der Waals surface area (Å²) < 4.78 is 11.4. The molecule has 0 bridgehead atoms. The smallest absolute Gasteiger partial charge is 0.266 e. The van der Waals surface area contributed by atoms with Crippen molar-refractivity contribution in [3.8, 4) is 17.2 Å². The van der Waals surface area contributed by atoms with E-state index in [4.69, 9.17) is 14.3 Å². The lowest BCUT2D eigenvalue weighted by molar-refractivity contribution is -0.126. The number of phenols is 1. The van der Waals surface area contributed by atoms with Crippen LogP contribution in [0.25, 0.3) is 0 Å². The summed E-state index contributed by atoms with van der Waals surface area (Å²) in [6.45, 7) is 2.23. The van der Waals surface area contributed by atoms with Crippen LogP contribution in [0.3, 0.4) is 0 Å². The number of fused-ring (bicyclic) bond motifs is 1. The fraction of sp³-hybridized carbons (Fsp3) is 0.231. The first-order valence-electron chi connectivity index (χ1n) is 11.1. The Hall–Kier alpha value is -3.56. The van der Waals surface area contributed by atoms with Crippen molar-refractivity contribution in [1.82, 2.24) is 0 Å². The fourth-order valence-corrected chi connectivity index (χ4v) is 5.09. The molecule has 2 fully saturated rings. The number of para-hydroxylation sites is 3. The summed E-state index contributed by atoms with van der Waals surface area (Å²) >= 11 is 3.37. The lowest BCUT2D eigenvalue weighted by Crippen LogP contribution is -2.37. The number of hydrogen-bond acceptors (Lipinski definition) is 7. The average molecular weight is 539 g/mol. The van der Waals surface area contributed by atoms with Crippen LogP contribution in [-0.4, -0.2) is 36.7 Å². The zero-order valence-electron chi connectivity index (χ0n) is 19.1. The van der Waals surface area contributed by atoms with Crippen molar-refractivity contribution < 1.29 is 29.0 Å². The standard InChI is InChI=1S/C26H23BrN2O6/c1-3-34-19-12-8-7-11-18(19)28-25(31)21-22(15-13-17(27)23(30)20(14-15)33-2)29(35-24(21)26(28)32)16-9-5-4-6-10-16/h4-14,21-22,24,30H,3H2,1-2H3. The van der Waals surface area contributed by atoms with Crippen LogP contribution in [-0.2, 0) is 14.4 Å². The van der Waals surface area contributed by atoms with Crippen LogP contribution in [0.4, 0.5) is 11.4 Å². The molecule has 5 rings (SSSR count). The van der Waals surface area contributed by atoms with Gasteiger partial charge in [-0.25, -0.2) is 9.96 Å². The Kier molecular flexibility index (Phi) is 6.12. The molecule has 3 aromatic rings. The predicted octanol–water partition coefficient (Wildman–Crippen LogP) is 4.61. The van der Waals surface area contributed by atoms with Gasteiger partial charge in [-0.3, -0.25) is 14.4 Å². The van der Waals surface area contributed by atoms with E-state index in [1.807, 2.05) is 37.3 Å². The molecule has 8 nitrogen and oxygen atoms in total. The molecule has 1 N–H and O–H groups in total. The number of rotatable bonds is 6. The molecule has 2 heterocycles. The van der Waals surface area contributed by atoms with E-state index in [-0.39, 0.29) is 11.5 Å². The molecule has 3 unspecified atom stereocenters. The maximum absolute atomic E-state index is 13.9. The van der Waals surface area contributed by atoms with Gasteiger partial charge in [-0.1, -0.05) is 30.3 Å². The number of aromatic hydroxyl groups is 1. The molecule has 180 valence electrons. The molecular formula is C26H23BrN2O6. The van der Waals surface area contributed by atoms with Crippen LogP contribution in [0, 0.1) is 5.92 Å². The Morgan fingerprint density at radius 1 is 1.00 bits per heavy atom. The van der Waals surface area contributed by atoms with E-state index in [0.717, 1.165) is 4.90 Å². The molecule has 2 amide bonds. The third-order valence-electron chi connectivity index (χ3n) is 6.14. The van der Waals surface area contributed by atoms with Crippen molar-refractivity contribution in [2.45, 2.75) is 19.1 Å². The summed E-state index contributed by atoms with van der Waals surface area (Å²) in [5.41, 5.74) is 1.72. The molecule has 2 saturated heterocycles. The molecule has 0 radical (unpaired) electrons. The van der Waals surface area contributed by atoms with Gasteiger partial charge in [-0.05, 0) is 64.8 Å². The second-order valence-corrected chi connectivity index (χ2v) is 8.98. The van der Waals surface area contributed by atoms with Crippen LogP contribution in [0.1, 0.15) is 18.5 Å². The minimum absolute atomic E-state index is 0.0564. The Morgan fingerprint density at radius 2 is 1.71 bits per heavy atom. The van der Waals surface area contributed by atoms with E-state index >= 15 is 0 Å². The maximum atomic E-state index is 13.9. The van der Waals surface area contributed by atoms with Gasteiger partial charge in [0, 0.05) is 0 Å². The molecule has 35 heavy (non-hydrogen) atoms. The lowest BCUT2D eigenvalue weighted by atomic mass is 9.90. The summed E-state index contributed by atoms with van der Waals surface area (Å²) in [4.78, 5) is 34.8. The number of hydrogen-bond donors (Lipinski definition) is 1. The number of amides is 2. The summed E-state index contributed by atoms with van der Waals surface area (Å²) in [5, 5.41) is 11.9. The van der Waals surface area contributed by atoms with Gasteiger partial charge in [0.05, 0.1) is 35.6 Å². The number of benzene rings is 3. The van der Waals surface area contributed by atoms with Crippen molar-refractivity contribution in [1.29, 1.82) is 0 Å². The number of carbonyl (C=O) groups is 2. The first kappa shape index (κ1) is 23.2. The number of halogens is 1. The Morgan fingerprint density at radius 3 is 2.43 bits per heavy atom. The molecule has 0 aliphatic carbocycles. The number of phenolic OH excluding ortho intramolecular Hbond substituents is 1. The molecule has 0 aromatic heterocycles. The van der Waals surface area contributed by atoms with Crippen LogP contribution in [0.2, 0.25) is 0 Å². The van der Waals surface area contributed by atoms with E-state index in [9.17, 15) is 14.7 Å². The number of imide groups is 1.